The molecule has 4 N–H and O–H groups in total. The van der Waals surface area contributed by atoms with E-state index in [9.17, 15) is 9.59 Å². The average Bonchev–Trinajstić information content (AvgIpc) is 3.05. The number of nitrogens with zero attached hydrogens (tertiary/aromatic N) is 1. The van der Waals surface area contributed by atoms with Crippen molar-refractivity contribution in [1.82, 2.24) is 4.90 Å². The van der Waals surface area contributed by atoms with Crippen LogP contribution < -0.4 is 16.4 Å². The lowest BCUT2D eigenvalue weighted by molar-refractivity contribution is 0.0997. The van der Waals surface area contributed by atoms with Gasteiger partial charge in [0.25, 0.3) is 5.91 Å². The van der Waals surface area contributed by atoms with E-state index in [1.165, 1.54) is 11.3 Å². The van der Waals surface area contributed by atoms with Crippen molar-refractivity contribution in [3.05, 3.63) is 45.3 Å². The van der Waals surface area contributed by atoms with Gasteiger partial charge in [-0.15, -0.1) is 23.7 Å². The largest absolute Gasteiger partial charge is 0.365 e. The van der Waals surface area contributed by atoms with Crippen LogP contribution in [0.4, 0.5) is 15.5 Å². The van der Waals surface area contributed by atoms with Gasteiger partial charge in [-0.25, -0.2) is 4.79 Å². The van der Waals surface area contributed by atoms with Crippen LogP contribution in [-0.2, 0) is 6.42 Å². The Morgan fingerprint density at radius 3 is 2.59 bits per heavy atom. The van der Waals surface area contributed by atoms with Crippen LogP contribution in [0.25, 0.3) is 0 Å². The minimum Gasteiger partial charge on any atom is -0.365 e. The summed E-state index contributed by atoms with van der Waals surface area (Å²) in [6.45, 7) is 0. The molecule has 144 valence electrons. The van der Waals surface area contributed by atoms with E-state index in [4.69, 9.17) is 17.3 Å². The van der Waals surface area contributed by atoms with Gasteiger partial charge in [0.1, 0.15) is 5.00 Å². The van der Waals surface area contributed by atoms with E-state index in [2.05, 4.69) is 22.6 Å². The average molecular weight is 427 g/mol. The molecule has 2 bridgehead atoms. The number of urea groups is 1. The van der Waals surface area contributed by atoms with E-state index < -0.39 is 11.9 Å². The first kappa shape index (κ1) is 19.9. The number of anilines is 2. The van der Waals surface area contributed by atoms with Gasteiger partial charge < -0.3 is 11.1 Å². The Labute approximate surface area is 172 Å². The highest BCUT2D eigenvalue weighted by Crippen LogP contribution is 2.49. The van der Waals surface area contributed by atoms with E-state index in [1.807, 2.05) is 0 Å². The molecular weight excluding hydrogens is 407 g/mol. The minimum absolute atomic E-state index is 0. The molecule has 1 fully saturated rings. The Morgan fingerprint density at radius 1 is 1.22 bits per heavy atom. The Bertz CT molecular complexity index is 884. The number of carbonyl (C=O) groups is 2. The Kier molecular flexibility index (Phi) is 5.67. The molecule has 27 heavy (non-hydrogen) atoms. The maximum atomic E-state index is 12.4. The number of fused-ring (bicyclic) bond motifs is 4. The predicted molar refractivity (Wildman–Crippen MR) is 111 cm³/mol. The number of carbonyl (C=O) groups excluding carboxylic acids is 2. The van der Waals surface area contributed by atoms with Crippen molar-refractivity contribution in [2.24, 2.45) is 5.73 Å². The smallest absolute Gasteiger partial charge is 0.324 e. The molecule has 2 unspecified atom stereocenters. The predicted octanol–water partition coefficient (Wildman–Crippen LogP) is 4.26. The fraction of sp³-hybridized carbons (Fsp3) is 0.333. The Morgan fingerprint density at radius 2 is 1.93 bits per heavy atom. The van der Waals surface area contributed by atoms with E-state index in [0.29, 0.717) is 27.3 Å². The first-order valence-electron chi connectivity index (χ1n) is 8.45. The van der Waals surface area contributed by atoms with Crippen LogP contribution in [0.15, 0.2) is 24.3 Å². The number of nitrogens with two attached hydrogens (primary N) is 1. The molecule has 0 aliphatic carbocycles. The molecule has 3 heterocycles. The number of hydrogen-bond donors (Lipinski definition) is 3. The van der Waals surface area contributed by atoms with Gasteiger partial charge in [-0.2, -0.15) is 0 Å². The molecule has 1 aromatic carbocycles. The van der Waals surface area contributed by atoms with E-state index in [0.717, 1.165) is 29.7 Å². The standard InChI is InChI=1S/C18H19ClN4O2S.ClH/c1-23-11-6-7-12(23)14-13(8-11)26-17(15(14)16(20)24)22-18(25)21-10-4-2-9(19)3-5-10;/h2-5,11-12H,6-8H2,1H3,(H2,20,24)(H2,21,22,25);1H. The zero-order valence-electron chi connectivity index (χ0n) is 14.6. The lowest BCUT2D eigenvalue weighted by atomic mass is 9.97. The van der Waals surface area contributed by atoms with Crippen LogP contribution in [0.2, 0.25) is 5.02 Å². The Hall–Kier alpha value is -1.80. The summed E-state index contributed by atoms with van der Waals surface area (Å²) in [5.41, 5.74) is 7.74. The van der Waals surface area contributed by atoms with Crippen molar-refractivity contribution < 1.29 is 9.59 Å². The third kappa shape index (κ3) is 3.65. The number of primary amides is 1. The van der Waals surface area contributed by atoms with Crippen molar-refractivity contribution >= 4 is 58.0 Å². The molecule has 3 amide bonds. The lowest BCUT2D eigenvalue weighted by Gasteiger charge is -2.31. The maximum absolute atomic E-state index is 12.4. The quantitative estimate of drug-likeness (QED) is 0.684. The third-order valence-corrected chi connectivity index (χ3v) is 6.59. The molecule has 9 heteroatoms. The van der Waals surface area contributed by atoms with Crippen molar-refractivity contribution in [3.63, 3.8) is 0 Å². The molecule has 1 aromatic heterocycles. The highest BCUT2D eigenvalue weighted by atomic mass is 35.5. The normalized spacial score (nSPS) is 20.5. The zero-order chi connectivity index (χ0) is 18.4. The van der Waals surface area contributed by atoms with Crippen LogP contribution in [0.5, 0.6) is 0 Å². The van der Waals surface area contributed by atoms with Gasteiger partial charge >= 0.3 is 6.03 Å². The number of likely N-dealkylation sites (N-methyl/N-ethyl adjacent to an activating group) is 1. The summed E-state index contributed by atoms with van der Waals surface area (Å²) in [7, 11) is 2.09. The van der Waals surface area contributed by atoms with E-state index in [1.54, 1.807) is 24.3 Å². The molecule has 1 saturated heterocycles. The number of benzene rings is 1. The van der Waals surface area contributed by atoms with Crippen molar-refractivity contribution in [2.75, 3.05) is 17.7 Å². The van der Waals surface area contributed by atoms with Gasteiger partial charge in [0.15, 0.2) is 0 Å². The number of rotatable bonds is 3. The first-order chi connectivity index (χ1) is 12.4. The van der Waals surface area contributed by atoms with Crippen LogP contribution in [0, 0.1) is 0 Å². The summed E-state index contributed by atoms with van der Waals surface area (Å²) in [4.78, 5) is 28.0. The lowest BCUT2D eigenvalue weighted by Crippen LogP contribution is -2.34. The number of thiophene rings is 1. The molecule has 4 rings (SSSR count). The molecule has 0 saturated carbocycles. The number of nitrogens with one attached hydrogen (secondary N) is 2. The fourth-order valence-electron chi connectivity index (χ4n) is 3.95. The van der Waals surface area contributed by atoms with Gasteiger partial charge in [0, 0.05) is 27.7 Å². The van der Waals surface area contributed by atoms with E-state index >= 15 is 0 Å². The summed E-state index contributed by atoms with van der Waals surface area (Å²) in [6, 6.07) is 7.12. The SMILES string of the molecule is CN1C2CCC1c1c(sc(NC(=O)Nc3ccc(Cl)cc3)c1C(N)=O)C2.Cl. The van der Waals surface area contributed by atoms with Crippen LogP contribution >= 0.6 is 35.3 Å². The molecule has 2 aliphatic heterocycles. The van der Waals surface area contributed by atoms with E-state index in [-0.39, 0.29) is 18.4 Å². The van der Waals surface area contributed by atoms with Gasteiger partial charge in [0.2, 0.25) is 0 Å². The van der Waals surface area contributed by atoms with Gasteiger partial charge in [0.05, 0.1) is 5.56 Å². The van der Waals surface area contributed by atoms with Crippen molar-refractivity contribution in [1.29, 1.82) is 0 Å². The molecule has 2 aliphatic rings. The van der Waals surface area contributed by atoms with Gasteiger partial charge in [-0.05, 0) is 56.1 Å². The molecule has 0 radical (unpaired) electrons. The number of amides is 3. The first-order valence-corrected chi connectivity index (χ1v) is 9.64. The molecule has 2 atom stereocenters. The number of halogens is 2. The Balaban J connectivity index is 0.00000210. The monoisotopic (exact) mass is 426 g/mol. The highest BCUT2D eigenvalue weighted by molar-refractivity contribution is 7.17. The van der Waals surface area contributed by atoms with Crippen LogP contribution in [-0.4, -0.2) is 29.9 Å². The molecule has 2 aromatic rings. The van der Waals surface area contributed by atoms with Crippen molar-refractivity contribution in [2.45, 2.75) is 31.3 Å². The summed E-state index contributed by atoms with van der Waals surface area (Å²) in [6.07, 6.45) is 3.04. The van der Waals surface area contributed by atoms with Crippen molar-refractivity contribution in [3.8, 4) is 0 Å². The highest BCUT2D eigenvalue weighted by Gasteiger charge is 2.42. The van der Waals surface area contributed by atoms with Crippen LogP contribution in [0.1, 0.15) is 39.7 Å². The third-order valence-electron chi connectivity index (χ3n) is 5.19. The second kappa shape index (κ2) is 7.67. The van der Waals surface area contributed by atoms with Gasteiger partial charge in [-0.1, -0.05) is 11.6 Å². The second-order valence-corrected chi connectivity index (χ2v) is 8.25. The second-order valence-electron chi connectivity index (χ2n) is 6.71. The topological polar surface area (TPSA) is 87.5 Å². The summed E-state index contributed by atoms with van der Waals surface area (Å²) in [5.74, 6) is -0.497. The van der Waals surface area contributed by atoms with Gasteiger partial charge in [-0.3, -0.25) is 15.0 Å². The molecule has 0 spiro atoms. The fourth-order valence-corrected chi connectivity index (χ4v) is 5.40. The maximum Gasteiger partial charge on any atom is 0.324 e. The summed E-state index contributed by atoms with van der Waals surface area (Å²) < 4.78 is 0. The minimum atomic E-state index is -0.497. The van der Waals surface area contributed by atoms with Crippen LogP contribution in [0.3, 0.4) is 0 Å². The zero-order valence-corrected chi connectivity index (χ0v) is 17.0. The molecule has 6 nitrogen and oxygen atoms in total. The summed E-state index contributed by atoms with van der Waals surface area (Å²) >= 11 is 7.31. The number of hydrogen-bond acceptors (Lipinski definition) is 4. The molecular formula is C18H20Cl2N4O2S. The summed E-state index contributed by atoms with van der Waals surface area (Å²) in [5, 5.41) is 6.66.